The number of hydrogen-bond donors (Lipinski definition) is 1. The average Bonchev–Trinajstić information content (AvgIpc) is 3.34. The highest BCUT2D eigenvalue weighted by Crippen LogP contribution is 2.32. The third-order valence-corrected chi connectivity index (χ3v) is 6.28. The number of urea groups is 1. The summed E-state index contributed by atoms with van der Waals surface area (Å²) >= 11 is 0. The van der Waals surface area contributed by atoms with Crippen molar-refractivity contribution in [3.8, 4) is 5.75 Å². The van der Waals surface area contributed by atoms with E-state index >= 15 is 0 Å². The largest absolute Gasteiger partial charge is 0.494 e. The molecule has 3 aromatic rings. The Hall–Kier alpha value is -3.74. The van der Waals surface area contributed by atoms with Gasteiger partial charge in [0.1, 0.15) is 12.3 Å². The van der Waals surface area contributed by atoms with E-state index in [-0.39, 0.29) is 24.5 Å². The maximum atomic E-state index is 13.6. The Kier molecular flexibility index (Phi) is 7.75. The molecule has 1 aliphatic rings. The van der Waals surface area contributed by atoms with Crippen LogP contribution in [0.15, 0.2) is 66.9 Å². The van der Waals surface area contributed by atoms with E-state index in [1.807, 2.05) is 36.9 Å². The summed E-state index contributed by atoms with van der Waals surface area (Å²) < 4.78 is 7.67. The molecule has 4 rings (SSSR count). The molecule has 0 unspecified atom stereocenters. The minimum absolute atomic E-state index is 0.0276. The first-order valence-electron chi connectivity index (χ1n) is 12.3. The molecule has 1 atom stereocenters. The number of benzene rings is 2. The predicted molar refractivity (Wildman–Crippen MR) is 138 cm³/mol. The highest BCUT2D eigenvalue weighted by atomic mass is 16.5. The summed E-state index contributed by atoms with van der Waals surface area (Å²) in [6.07, 6.45) is 2.82. The maximum absolute atomic E-state index is 13.6. The zero-order chi connectivity index (χ0) is 24.8. The molecule has 0 spiro atoms. The Morgan fingerprint density at radius 3 is 2.46 bits per heavy atom. The molecular formula is C28H34N4O3. The number of amides is 3. The van der Waals surface area contributed by atoms with Crippen LogP contribution in [0.5, 0.6) is 5.75 Å². The van der Waals surface area contributed by atoms with Crippen LogP contribution < -0.4 is 10.1 Å². The molecule has 7 heteroatoms. The fraction of sp³-hybridized carbons (Fsp3) is 0.357. The van der Waals surface area contributed by atoms with E-state index in [4.69, 9.17) is 4.74 Å². The van der Waals surface area contributed by atoms with Crippen LogP contribution in [0.2, 0.25) is 0 Å². The molecule has 0 saturated heterocycles. The van der Waals surface area contributed by atoms with Crippen LogP contribution in [0.3, 0.4) is 0 Å². The lowest BCUT2D eigenvalue weighted by molar-refractivity contribution is -0.134. The van der Waals surface area contributed by atoms with Crippen molar-refractivity contribution in [3.05, 3.63) is 83.7 Å². The Balaban J connectivity index is 1.50. The van der Waals surface area contributed by atoms with E-state index in [9.17, 15) is 9.59 Å². The highest BCUT2D eigenvalue weighted by molar-refractivity contribution is 5.92. The van der Waals surface area contributed by atoms with E-state index in [1.165, 1.54) is 5.56 Å². The molecule has 1 aliphatic heterocycles. The maximum Gasteiger partial charge on any atom is 0.322 e. The topological polar surface area (TPSA) is 66.8 Å². The van der Waals surface area contributed by atoms with Crippen LogP contribution in [-0.4, -0.2) is 52.5 Å². The first kappa shape index (κ1) is 24.4. The lowest BCUT2D eigenvalue weighted by Gasteiger charge is -2.38. The molecule has 2 aromatic carbocycles. The van der Waals surface area contributed by atoms with E-state index in [2.05, 4.69) is 53.3 Å². The van der Waals surface area contributed by atoms with E-state index < -0.39 is 0 Å². The normalized spacial score (nSPS) is 14.8. The van der Waals surface area contributed by atoms with Gasteiger partial charge in [0.05, 0.1) is 12.6 Å². The zero-order valence-electron chi connectivity index (χ0n) is 20.7. The number of hydrogen-bond acceptors (Lipinski definition) is 3. The minimum Gasteiger partial charge on any atom is -0.494 e. The van der Waals surface area contributed by atoms with Crippen molar-refractivity contribution in [3.63, 3.8) is 0 Å². The molecule has 1 N–H and O–H groups in total. The van der Waals surface area contributed by atoms with Crippen LogP contribution in [0.4, 0.5) is 10.5 Å². The Morgan fingerprint density at radius 1 is 1.03 bits per heavy atom. The molecule has 2 heterocycles. The van der Waals surface area contributed by atoms with Gasteiger partial charge in [0, 0.05) is 37.2 Å². The molecule has 7 nitrogen and oxygen atoms in total. The van der Waals surface area contributed by atoms with Crippen molar-refractivity contribution >= 4 is 17.6 Å². The van der Waals surface area contributed by atoms with Gasteiger partial charge in [0.2, 0.25) is 5.91 Å². The van der Waals surface area contributed by atoms with Gasteiger partial charge in [-0.1, -0.05) is 36.8 Å². The summed E-state index contributed by atoms with van der Waals surface area (Å²) in [5.74, 6) is 0.696. The molecule has 184 valence electrons. The number of aryl methyl sites for hydroxylation is 1. The monoisotopic (exact) mass is 474 g/mol. The van der Waals surface area contributed by atoms with Crippen molar-refractivity contribution in [2.75, 3.05) is 31.6 Å². The van der Waals surface area contributed by atoms with Gasteiger partial charge >= 0.3 is 6.03 Å². The van der Waals surface area contributed by atoms with Crippen molar-refractivity contribution in [1.29, 1.82) is 0 Å². The molecule has 0 saturated carbocycles. The molecule has 0 fully saturated rings. The van der Waals surface area contributed by atoms with Crippen LogP contribution in [0.25, 0.3) is 0 Å². The first-order valence-corrected chi connectivity index (χ1v) is 12.3. The Morgan fingerprint density at radius 2 is 1.77 bits per heavy atom. The second kappa shape index (κ2) is 11.1. The second-order valence-electron chi connectivity index (χ2n) is 8.84. The van der Waals surface area contributed by atoms with Crippen LogP contribution in [0, 0.1) is 6.92 Å². The van der Waals surface area contributed by atoms with Gasteiger partial charge in [-0.3, -0.25) is 4.79 Å². The van der Waals surface area contributed by atoms with Gasteiger partial charge in [-0.05, 0) is 62.2 Å². The predicted octanol–water partition coefficient (Wildman–Crippen LogP) is 5.07. The SMILES string of the molecule is CCCN(CC(=O)N1CCn2cccc2[C@H]1c1ccc(C)cc1)C(=O)Nc1ccc(OCC)cc1. The van der Waals surface area contributed by atoms with E-state index in [0.29, 0.717) is 25.4 Å². The zero-order valence-corrected chi connectivity index (χ0v) is 20.7. The van der Waals surface area contributed by atoms with Gasteiger partial charge in [0.25, 0.3) is 0 Å². The number of rotatable bonds is 8. The molecule has 0 aliphatic carbocycles. The molecule has 1 aromatic heterocycles. The molecular weight excluding hydrogens is 440 g/mol. The lowest BCUT2D eigenvalue weighted by atomic mass is 9.98. The van der Waals surface area contributed by atoms with Crippen molar-refractivity contribution in [2.45, 2.75) is 39.8 Å². The van der Waals surface area contributed by atoms with Crippen LogP contribution >= 0.6 is 0 Å². The number of nitrogens with one attached hydrogen (secondary N) is 1. The van der Waals surface area contributed by atoms with Crippen molar-refractivity contribution < 1.29 is 14.3 Å². The number of ether oxygens (including phenoxy) is 1. The van der Waals surface area contributed by atoms with Crippen molar-refractivity contribution in [1.82, 2.24) is 14.4 Å². The quantitative estimate of drug-likeness (QED) is 0.496. The smallest absolute Gasteiger partial charge is 0.322 e. The van der Waals surface area contributed by atoms with Gasteiger partial charge in [0.15, 0.2) is 0 Å². The van der Waals surface area contributed by atoms with Gasteiger partial charge in [-0.2, -0.15) is 0 Å². The third kappa shape index (κ3) is 5.67. The van der Waals surface area contributed by atoms with Crippen LogP contribution in [0.1, 0.15) is 43.1 Å². The number of carbonyl (C=O) groups is 2. The number of anilines is 1. The minimum atomic E-state index is -0.281. The molecule has 0 bridgehead atoms. The number of nitrogens with zero attached hydrogens (tertiary/aromatic N) is 3. The fourth-order valence-corrected chi connectivity index (χ4v) is 4.53. The Bertz CT molecular complexity index is 1140. The summed E-state index contributed by atoms with van der Waals surface area (Å²) in [6, 6.07) is 19.2. The number of aromatic nitrogens is 1. The lowest BCUT2D eigenvalue weighted by Crippen LogP contribution is -2.48. The molecule has 0 radical (unpaired) electrons. The van der Waals surface area contributed by atoms with E-state index in [0.717, 1.165) is 30.0 Å². The number of fused-ring (bicyclic) bond motifs is 1. The third-order valence-electron chi connectivity index (χ3n) is 6.28. The summed E-state index contributed by atoms with van der Waals surface area (Å²) in [5, 5.41) is 2.92. The fourth-order valence-electron chi connectivity index (χ4n) is 4.53. The molecule has 35 heavy (non-hydrogen) atoms. The summed E-state index contributed by atoms with van der Waals surface area (Å²) in [4.78, 5) is 30.2. The van der Waals surface area contributed by atoms with Gasteiger partial charge in [-0.15, -0.1) is 0 Å². The standard InChI is InChI=1S/C28H34N4O3/c1-4-16-31(28(34)29-23-12-14-24(15-13-23)35-5-2)20-26(33)32-19-18-30-17-6-7-25(30)27(32)22-10-8-21(3)9-11-22/h6-15,17,27H,4-5,16,18-20H2,1-3H3,(H,29,34)/t27-/m1/s1. The summed E-state index contributed by atoms with van der Waals surface area (Å²) in [5.41, 5.74) is 4.01. The van der Waals surface area contributed by atoms with Crippen LogP contribution in [-0.2, 0) is 11.3 Å². The van der Waals surface area contributed by atoms with Crippen molar-refractivity contribution in [2.24, 2.45) is 0 Å². The average molecular weight is 475 g/mol. The molecule has 3 amide bonds. The van der Waals surface area contributed by atoms with Gasteiger partial charge in [-0.25, -0.2) is 4.79 Å². The summed E-state index contributed by atoms with van der Waals surface area (Å²) in [6.45, 7) is 8.43. The van der Waals surface area contributed by atoms with Gasteiger partial charge < -0.3 is 24.4 Å². The highest BCUT2D eigenvalue weighted by Gasteiger charge is 2.33. The summed E-state index contributed by atoms with van der Waals surface area (Å²) in [7, 11) is 0. The van der Waals surface area contributed by atoms with E-state index in [1.54, 1.807) is 17.0 Å². The second-order valence-corrected chi connectivity index (χ2v) is 8.84. The number of carbonyl (C=O) groups excluding carboxylic acids is 2. The first-order chi connectivity index (χ1) is 17.0. The Labute approximate surface area is 207 Å².